The maximum Gasteiger partial charge on any atom is 0.335 e. The molecule has 2 aromatic carbocycles. The summed E-state index contributed by atoms with van der Waals surface area (Å²) in [5.41, 5.74) is 6.98. The van der Waals surface area contributed by atoms with Gasteiger partial charge in [0.05, 0.1) is 24.3 Å². The van der Waals surface area contributed by atoms with Gasteiger partial charge in [0.15, 0.2) is 5.82 Å². The second kappa shape index (κ2) is 14.1. The third-order valence-corrected chi connectivity index (χ3v) is 13.3. The number of aryl methyl sites for hydroxylation is 2. The fourth-order valence-corrected chi connectivity index (χ4v) is 10.2. The number of likely N-dealkylation sites (tertiary alicyclic amines) is 1. The number of carboxylic acid groups (broad SMARTS) is 1. The van der Waals surface area contributed by atoms with E-state index in [4.69, 9.17) is 5.10 Å². The van der Waals surface area contributed by atoms with Crippen LogP contribution in [0, 0.1) is 5.41 Å². The minimum atomic E-state index is -2.64. The number of hydrogen-bond acceptors (Lipinski definition) is 7. The van der Waals surface area contributed by atoms with Gasteiger partial charge in [-0.25, -0.2) is 13.6 Å². The van der Waals surface area contributed by atoms with Gasteiger partial charge in [-0.1, -0.05) is 0 Å². The maximum atomic E-state index is 14.7. The molecule has 4 aromatic rings. The van der Waals surface area contributed by atoms with Crippen LogP contribution in [0.15, 0.2) is 48.8 Å². The van der Waals surface area contributed by atoms with E-state index in [1.165, 1.54) is 18.5 Å². The molecule has 1 spiro atoms. The minimum absolute atomic E-state index is 0.000390. The Balaban J connectivity index is 0.946. The SMILES string of the molecule is CC(=O)N1CCc2c(c(N3CCCc4cc(-c5cnn(C)c5)c(C(F)F)cc43)nn2C2CCC3(CCCN(C4CN(c5ccc(C(=O)O)cc5)C4)C3)CC2)C1. The van der Waals surface area contributed by atoms with Crippen LogP contribution < -0.4 is 9.80 Å². The molecule has 0 bridgehead atoms. The number of carbonyl (C=O) groups excluding carboxylic acids is 1. The maximum absolute atomic E-state index is 14.7. The van der Waals surface area contributed by atoms with Crippen molar-refractivity contribution in [3.8, 4) is 11.1 Å². The number of halogens is 2. The molecule has 0 radical (unpaired) electrons. The number of carbonyl (C=O) groups is 2. The number of amides is 1. The van der Waals surface area contributed by atoms with Gasteiger partial charge in [-0.3, -0.25) is 19.1 Å². The Labute approximate surface area is 320 Å². The van der Waals surface area contributed by atoms with Gasteiger partial charge in [0.25, 0.3) is 6.43 Å². The van der Waals surface area contributed by atoms with Crippen molar-refractivity contribution in [2.24, 2.45) is 12.5 Å². The first-order valence-corrected chi connectivity index (χ1v) is 20.0. The van der Waals surface area contributed by atoms with Crippen LogP contribution in [0.1, 0.15) is 97.1 Å². The highest BCUT2D eigenvalue weighted by atomic mass is 19.3. The van der Waals surface area contributed by atoms with Crippen molar-refractivity contribution in [2.75, 3.05) is 49.1 Å². The van der Waals surface area contributed by atoms with Gasteiger partial charge in [0.1, 0.15) is 0 Å². The van der Waals surface area contributed by atoms with Crippen LogP contribution >= 0.6 is 0 Å². The fourth-order valence-electron chi connectivity index (χ4n) is 10.2. The van der Waals surface area contributed by atoms with E-state index >= 15 is 0 Å². The van der Waals surface area contributed by atoms with Crippen LogP contribution in [0.5, 0.6) is 0 Å². The summed E-state index contributed by atoms with van der Waals surface area (Å²) in [5, 5.41) is 18.9. The normalized spacial score (nSPS) is 23.2. The van der Waals surface area contributed by atoms with E-state index in [1.54, 1.807) is 49.2 Å². The van der Waals surface area contributed by atoms with Crippen molar-refractivity contribution < 1.29 is 23.5 Å². The Morgan fingerprint density at radius 1 is 0.964 bits per heavy atom. The molecule has 2 aromatic heterocycles. The van der Waals surface area contributed by atoms with Crippen molar-refractivity contribution in [1.82, 2.24) is 29.4 Å². The summed E-state index contributed by atoms with van der Waals surface area (Å²) in [6, 6.07) is 11.6. The molecular weight excluding hydrogens is 703 g/mol. The summed E-state index contributed by atoms with van der Waals surface area (Å²) in [7, 11) is 1.79. The van der Waals surface area contributed by atoms with Crippen LogP contribution in [-0.4, -0.2) is 91.7 Å². The highest BCUT2D eigenvalue weighted by Gasteiger charge is 2.44. The third-order valence-electron chi connectivity index (χ3n) is 13.3. The van der Waals surface area contributed by atoms with Gasteiger partial charge < -0.3 is 19.8 Å². The van der Waals surface area contributed by atoms with E-state index in [1.807, 2.05) is 23.1 Å². The Kier molecular flexibility index (Phi) is 9.18. The minimum Gasteiger partial charge on any atom is -0.478 e. The smallest absolute Gasteiger partial charge is 0.335 e. The molecule has 1 aliphatic carbocycles. The van der Waals surface area contributed by atoms with Gasteiger partial charge in [0, 0.05) is 99.1 Å². The fraction of sp³-hybridized carbons (Fsp3) is 0.524. The zero-order valence-electron chi connectivity index (χ0n) is 31.8. The zero-order valence-corrected chi connectivity index (χ0v) is 31.8. The van der Waals surface area contributed by atoms with Crippen LogP contribution in [-0.2, 0) is 31.2 Å². The first kappa shape index (κ1) is 35.9. The van der Waals surface area contributed by atoms with Gasteiger partial charge in [-0.05, 0) is 111 Å². The van der Waals surface area contributed by atoms with Crippen molar-refractivity contribution in [2.45, 2.75) is 89.8 Å². The number of aromatic nitrogens is 4. The first-order chi connectivity index (χ1) is 26.6. The van der Waals surface area contributed by atoms with Crippen molar-refractivity contribution in [1.29, 1.82) is 0 Å². The summed E-state index contributed by atoms with van der Waals surface area (Å²) < 4.78 is 33.3. The number of anilines is 3. The lowest BCUT2D eigenvalue weighted by atomic mass is 9.67. The van der Waals surface area contributed by atoms with Crippen LogP contribution in [0.4, 0.5) is 26.0 Å². The molecule has 1 N–H and O–H groups in total. The number of piperidine rings is 1. The molecule has 55 heavy (non-hydrogen) atoms. The van der Waals surface area contributed by atoms with E-state index < -0.39 is 12.4 Å². The van der Waals surface area contributed by atoms with Crippen molar-refractivity contribution >= 4 is 29.1 Å². The lowest BCUT2D eigenvalue weighted by Crippen LogP contribution is -2.62. The lowest BCUT2D eigenvalue weighted by molar-refractivity contribution is -0.129. The number of rotatable bonds is 7. The second-order valence-corrected chi connectivity index (χ2v) is 16.6. The molecule has 2 saturated heterocycles. The monoisotopic (exact) mass is 752 g/mol. The van der Waals surface area contributed by atoms with Crippen molar-refractivity contribution in [3.05, 3.63) is 76.7 Å². The number of aromatic carboxylic acids is 1. The average molecular weight is 753 g/mol. The number of fused-ring (bicyclic) bond motifs is 2. The summed E-state index contributed by atoms with van der Waals surface area (Å²) in [4.78, 5) is 33.0. The number of hydrogen-bond donors (Lipinski definition) is 1. The van der Waals surface area contributed by atoms with Gasteiger partial charge >= 0.3 is 5.97 Å². The van der Waals surface area contributed by atoms with E-state index in [9.17, 15) is 23.5 Å². The highest BCUT2D eigenvalue weighted by Crippen LogP contribution is 2.49. The summed E-state index contributed by atoms with van der Waals surface area (Å²) in [6.07, 6.45) is 10.0. The van der Waals surface area contributed by atoms with Crippen LogP contribution in [0.2, 0.25) is 0 Å². The second-order valence-electron chi connectivity index (χ2n) is 16.6. The Hall–Kier alpha value is -4.78. The predicted octanol–water partition coefficient (Wildman–Crippen LogP) is 6.99. The number of nitrogens with zero attached hydrogens (tertiary/aromatic N) is 8. The topological polar surface area (TPSA) is 103 Å². The molecule has 13 heteroatoms. The quantitative estimate of drug-likeness (QED) is 0.216. The Bertz CT molecular complexity index is 2100. The van der Waals surface area contributed by atoms with Crippen LogP contribution in [0.25, 0.3) is 11.1 Å². The molecule has 4 aliphatic heterocycles. The lowest BCUT2D eigenvalue weighted by Gasteiger charge is -2.53. The van der Waals surface area contributed by atoms with E-state index in [2.05, 4.69) is 24.5 Å². The molecule has 0 atom stereocenters. The first-order valence-electron chi connectivity index (χ1n) is 20.0. The van der Waals surface area contributed by atoms with E-state index in [-0.39, 0.29) is 17.5 Å². The molecule has 1 saturated carbocycles. The summed E-state index contributed by atoms with van der Waals surface area (Å²) in [6.45, 7) is 7.61. The molecule has 11 nitrogen and oxygen atoms in total. The molecule has 6 heterocycles. The predicted molar refractivity (Wildman–Crippen MR) is 206 cm³/mol. The highest BCUT2D eigenvalue weighted by molar-refractivity contribution is 5.88. The molecule has 3 fully saturated rings. The molecule has 290 valence electrons. The number of carboxylic acids is 1. The number of benzene rings is 2. The van der Waals surface area contributed by atoms with Crippen LogP contribution in [0.3, 0.4) is 0 Å². The van der Waals surface area contributed by atoms with Gasteiger partial charge in [0.2, 0.25) is 5.91 Å². The van der Waals surface area contributed by atoms with E-state index in [0.717, 1.165) is 99.4 Å². The standard InChI is InChI=1S/C42H50F2N8O3/c1-27(53)48-18-12-37-36(25-48)40(51-17-3-5-29-19-34(30-21-45-47(2)22-30)35(39(43)44)20-38(29)51)46-52(37)32-10-14-42(15-11-32)13-4-16-49(26-42)33-23-50(24-33)31-8-6-28(7-9-31)41(54)55/h6-9,19-22,32-33,39H,3-5,10-18,23-26H2,1-2H3,(H,54,55). The number of alkyl halides is 2. The zero-order chi connectivity index (χ0) is 38.0. The average Bonchev–Trinajstić information content (AvgIpc) is 3.77. The van der Waals surface area contributed by atoms with Crippen molar-refractivity contribution in [3.63, 3.8) is 0 Å². The Morgan fingerprint density at radius 2 is 1.75 bits per heavy atom. The summed E-state index contributed by atoms with van der Waals surface area (Å²) in [5.74, 6) is -0.0485. The summed E-state index contributed by atoms with van der Waals surface area (Å²) >= 11 is 0. The molecule has 0 unspecified atom stereocenters. The van der Waals surface area contributed by atoms with E-state index in [0.29, 0.717) is 47.8 Å². The third kappa shape index (κ3) is 6.57. The largest absolute Gasteiger partial charge is 0.478 e. The molecule has 1 amide bonds. The molecule has 9 rings (SSSR count). The van der Waals surface area contributed by atoms with Gasteiger partial charge in [-0.15, -0.1) is 0 Å². The Morgan fingerprint density at radius 3 is 2.44 bits per heavy atom. The molecule has 5 aliphatic rings. The van der Waals surface area contributed by atoms with Gasteiger partial charge in [-0.2, -0.15) is 10.2 Å². The molecular formula is C42H50F2N8O3.